The number of rotatable bonds is 9. The Morgan fingerprint density at radius 1 is 1.26 bits per heavy atom. The Morgan fingerprint density at radius 3 is 2.74 bits per heavy atom. The van der Waals surface area contributed by atoms with Crippen molar-refractivity contribution in [3.63, 3.8) is 0 Å². The molecule has 3 aromatic rings. The van der Waals surface area contributed by atoms with Gasteiger partial charge in [-0.05, 0) is 36.4 Å². The summed E-state index contributed by atoms with van der Waals surface area (Å²) in [6.45, 7) is 0.951. The number of nitrogens with zero attached hydrogens (tertiary/aromatic N) is 3. The van der Waals surface area contributed by atoms with Gasteiger partial charge in [0.2, 0.25) is 5.79 Å². The summed E-state index contributed by atoms with van der Waals surface area (Å²) >= 11 is 12.6. The SMILES string of the molecule is CN(C)/C=C\C(=O)c1ccc(OCC2COC(Cn3ccnc3)(c3ccc(Cl)cc3Cl)O2)cc1. The summed E-state index contributed by atoms with van der Waals surface area (Å²) in [5, 5.41) is 0.987. The maximum absolute atomic E-state index is 12.2. The number of hydrogen-bond acceptors (Lipinski definition) is 6. The molecule has 178 valence electrons. The number of halogens is 2. The number of ether oxygens (including phenoxy) is 3. The number of imidazole rings is 1. The van der Waals surface area contributed by atoms with E-state index in [1.807, 2.05) is 35.8 Å². The van der Waals surface area contributed by atoms with Crippen LogP contribution in [0.4, 0.5) is 0 Å². The van der Waals surface area contributed by atoms with Gasteiger partial charge < -0.3 is 23.7 Å². The second kappa shape index (κ2) is 10.6. The first-order chi connectivity index (χ1) is 16.3. The topological polar surface area (TPSA) is 65.8 Å². The maximum atomic E-state index is 12.2. The molecule has 0 amide bonds. The third-order valence-electron chi connectivity index (χ3n) is 5.25. The highest BCUT2D eigenvalue weighted by atomic mass is 35.5. The molecule has 0 N–H and O–H groups in total. The molecule has 2 heterocycles. The number of allylic oxidation sites excluding steroid dienone is 1. The van der Waals surface area contributed by atoms with Crippen LogP contribution in [0.2, 0.25) is 10.0 Å². The van der Waals surface area contributed by atoms with Crippen LogP contribution in [-0.4, -0.2) is 53.6 Å². The highest BCUT2D eigenvalue weighted by molar-refractivity contribution is 6.35. The minimum atomic E-state index is -1.11. The largest absolute Gasteiger partial charge is 0.491 e. The summed E-state index contributed by atoms with van der Waals surface area (Å²) in [6.07, 6.45) is 8.13. The monoisotopic (exact) mass is 501 g/mol. The standard InChI is InChI=1S/C25H25Cl2N3O4/c1-29(2)11-9-24(31)18-3-6-20(7-4-18)32-14-21-15-33-25(34-21,16-30-12-10-28-17-30)22-8-5-19(26)13-23(22)27/h3-13,17,21H,14-16H2,1-2H3/b11-9-. The normalized spacial score (nSPS) is 20.1. The Labute approximate surface area is 208 Å². The van der Waals surface area contributed by atoms with E-state index < -0.39 is 5.79 Å². The summed E-state index contributed by atoms with van der Waals surface area (Å²) in [4.78, 5) is 18.1. The van der Waals surface area contributed by atoms with Gasteiger partial charge in [-0.1, -0.05) is 29.3 Å². The van der Waals surface area contributed by atoms with E-state index in [4.69, 9.17) is 37.4 Å². The molecule has 1 aliphatic heterocycles. The lowest BCUT2D eigenvalue weighted by Crippen LogP contribution is -2.34. The average Bonchev–Trinajstić information content (AvgIpc) is 3.47. The molecule has 0 saturated carbocycles. The lowest BCUT2D eigenvalue weighted by atomic mass is 10.1. The smallest absolute Gasteiger partial charge is 0.215 e. The summed E-state index contributed by atoms with van der Waals surface area (Å²) in [5.74, 6) is -0.545. The predicted octanol–water partition coefficient (Wildman–Crippen LogP) is 4.80. The quantitative estimate of drug-likeness (QED) is 0.310. The van der Waals surface area contributed by atoms with Crippen LogP contribution in [0.1, 0.15) is 15.9 Å². The Balaban J connectivity index is 1.43. The molecule has 7 nitrogen and oxygen atoms in total. The van der Waals surface area contributed by atoms with Gasteiger partial charge in [-0.25, -0.2) is 4.98 Å². The molecule has 0 radical (unpaired) electrons. The van der Waals surface area contributed by atoms with Crippen LogP contribution in [-0.2, 0) is 21.8 Å². The number of hydrogen-bond donors (Lipinski definition) is 0. The average molecular weight is 502 g/mol. The van der Waals surface area contributed by atoms with Crippen LogP contribution in [0.25, 0.3) is 0 Å². The molecule has 2 atom stereocenters. The Morgan fingerprint density at radius 2 is 2.06 bits per heavy atom. The van der Waals surface area contributed by atoms with Gasteiger partial charge in [-0.3, -0.25) is 4.79 Å². The van der Waals surface area contributed by atoms with Crippen LogP contribution in [0.3, 0.4) is 0 Å². The second-order valence-corrected chi connectivity index (χ2v) is 8.99. The molecule has 4 rings (SSSR count). The Kier molecular flexibility index (Phi) is 7.58. The van der Waals surface area contributed by atoms with Crippen LogP contribution in [0.15, 0.2) is 73.5 Å². The van der Waals surface area contributed by atoms with Gasteiger partial charge in [-0.2, -0.15) is 0 Å². The van der Waals surface area contributed by atoms with Crippen LogP contribution in [0.5, 0.6) is 5.75 Å². The third kappa shape index (κ3) is 5.80. The molecule has 9 heteroatoms. The van der Waals surface area contributed by atoms with Crippen LogP contribution < -0.4 is 4.74 Å². The van der Waals surface area contributed by atoms with Gasteiger partial charge in [0.1, 0.15) is 18.5 Å². The first-order valence-corrected chi connectivity index (χ1v) is 11.4. The molecular formula is C25H25Cl2N3O4. The lowest BCUT2D eigenvalue weighted by Gasteiger charge is -2.30. The van der Waals surface area contributed by atoms with Crippen molar-refractivity contribution in [1.82, 2.24) is 14.5 Å². The van der Waals surface area contributed by atoms with Crippen molar-refractivity contribution >= 4 is 29.0 Å². The minimum absolute atomic E-state index is 0.0723. The summed E-state index contributed by atoms with van der Waals surface area (Å²) in [6, 6.07) is 12.2. The van der Waals surface area contributed by atoms with Crippen LogP contribution >= 0.6 is 23.2 Å². The molecule has 1 aliphatic rings. The zero-order chi connectivity index (χ0) is 24.1. The van der Waals surface area contributed by atoms with E-state index >= 15 is 0 Å². The number of ketones is 1. The molecule has 2 unspecified atom stereocenters. The highest BCUT2D eigenvalue weighted by Crippen LogP contribution is 2.40. The van der Waals surface area contributed by atoms with E-state index in [-0.39, 0.29) is 18.5 Å². The molecule has 1 fully saturated rings. The van der Waals surface area contributed by atoms with Gasteiger partial charge in [0.05, 0.1) is 24.5 Å². The Hall–Kier alpha value is -2.84. The Bertz CT molecular complexity index is 1150. The fourth-order valence-electron chi connectivity index (χ4n) is 3.59. The molecule has 1 aromatic heterocycles. The number of carbonyl (C=O) groups is 1. The van der Waals surface area contributed by atoms with E-state index in [0.717, 1.165) is 0 Å². The summed E-state index contributed by atoms with van der Waals surface area (Å²) < 4.78 is 20.4. The molecule has 34 heavy (non-hydrogen) atoms. The van der Waals surface area contributed by atoms with Crippen molar-refractivity contribution in [3.8, 4) is 5.75 Å². The molecule has 0 spiro atoms. The van der Waals surface area contributed by atoms with Crippen molar-refractivity contribution in [1.29, 1.82) is 0 Å². The lowest BCUT2D eigenvalue weighted by molar-refractivity contribution is -0.189. The van der Waals surface area contributed by atoms with Gasteiger partial charge in [0, 0.05) is 54.9 Å². The van der Waals surface area contributed by atoms with E-state index in [1.165, 1.54) is 6.08 Å². The van der Waals surface area contributed by atoms with Gasteiger partial charge in [-0.15, -0.1) is 0 Å². The molecule has 0 aliphatic carbocycles. The molecule has 0 bridgehead atoms. The molecule has 2 aromatic carbocycles. The van der Waals surface area contributed by atoms with Gasteiger partial charge in [0.15, 0.2) is 5.78 Å². The zero-order valence-electron chi connectivity index (χ0n) is 18.9. The zero-order valence-corrected chi connectivity index (χ0v) is 20.4. The number of carbonyl (C=O) groups excluding carboxylic acids is 1. The van der Waals surface area contributed by atoms with Crippen molar-refractivity contribution in [2.45, 2.75) is 18.4 Å². The first kappa shape index (κ1) is 24.3. The van der Waals surface area contributed by atoms with Crippen LogP contribution in [0, 0.1) is 0 Å². The van der Waals surface area contributed by atoms with Gasteiger partial charge >= 0.3 is 0 Å². The predicted molar refractivity (Wildman–Crippen MR) is 130 cm³/mol. The van der Waals surface area contributed by atoms with Crippen molar-refractivity contribution in [2.75, 3.05) is 27.3 Å². The number of aromatic nitrogens is 2. The fraction of sp³-hybridized carbons (Fsp3) is 0.280. The maximum Gasteiger partial charge on any atom is 0.215 e. The molecular weight excluding hydrogens is 477 g/mol. The van der Waals surface area contributed by atoms with E-state index in [0.29, 0.717) is 40.1 Å². The fourth-order valence-corrected chi connectivity index (χ4v) is 4.15. The number of benzene rings is 2. The second-order valence-electron chi connectivity index (χ2n) is 8.14. The minimum Gasteiger partial charge on any atom is -0.491 e. The van der Waals surface area contributed by atoms with E-state index in [1.54, 1.807) is 55.1 Å². The molecule has 1 saturated heterocycles. The summed E-state index contributed by atoms with van der Waals surface area (Å²) in [5.41, 5.74) is 1.27. The van der Waals surface area contributed by atoms with Crippen molar-refractivity contribution in [2.24, 2.45) is 0 Å². The highest BCUT2D eigenvalue weighted by Gasteiger charge is 2.45. The van der Waals surface area contributed by atoms with E-state index in [2.05, 4.69) is 4.98 Å². The van der Waals surface area contributed by atoms with E-state index in [9.17, 15) is 4.79 Å². The van der Waals surface area contributed by atoms with Crippen molar-refractivity contribution in [3.05, 3.63) is 94.6 Å². The third-order valence-corrected chi connectivity index (χ3v) is 5.80. The summed E-state index contributed by atoms with van der Waals surface area (Å²) in [7, 11) is 3.72. The van der Waals surface area contributed by atoms with Crippen molar-refractivity contribution < 1.29 is 19.0 Å². The first-order valence-electron chi connectivity index (χ1n) is 10.7. The van der Waals surface area contributed by atoms with Gasteiger partial charge in [0.25, 0.3) is 0 Å².